The summed E-state index contributed by atoms with van der Waals surface area (Å²) in [4.78, 5) is 23.9. The van der Waals surface area contributed by atoms with E-state index in [0.29, 0.717) is 18.3 Å². The van der Waals surface area contributed by atoms with Gasteiger partial charge in [-0.05, 0) is 79.0 Å². The summed E-state index contributed by atoms with van der Waals surface area (Å²) in [5.74, 6) is -0.796. The number of carbonyl (C=O) groups is 2. The van der Waals surface area contributed by atoms with Gasteiger partial charge in [0, 0.05) is 35.1 Å². The van der Waals surface area contributed by atoms with E-state index in [0.717, 1.165) is 18.2 Å². The lowest BCUT2D eigenvalue weighted by atomic mass is 9.86. The molecule has 3 aliphatic heterocycles. The number of nitrogens with zero attached hydrogens (tertiary/aromatic N) is 2. The molecule has 1 atom stereocenters. The smallest absolute Gasteiger partial charge is 0.328 e. The molecule has 3 saturated heterocycles. The zero-order valence-electron chi connectivity index (χ0n) is 18.4. The summed E-state index contributed by atoms with van der Waals surface area (Å²) in [5, 5.41) is 24.3. The summed E-state index contributed by atoms with van der Waals surface area (Å²) in [5.41, 5.74) is 3.59. The Morgan fingerprint density at radius 2 is 1.44 bits per heavy atom. The van der Waals surface area contributed by atoms with Gasteiger partial charge in [-0.25, -0.2) is 9.59 Å². The van der Waals surface area contributed by atoms with E-state index in [1.54, 1.807) is 22.7 Å². The maximum Gasteiger partial charge on any atom is 0.328 e. The van der Waals surface area contributed by atoms with E-state index in [1.807, 2.05) is 0 Å². The van der Waals surface area contributed by atoms with Crippen molar-refractivity contribution in [1.29, 1.82) is 0 Å². The Labute approximate surface area is 206 Å². The first-order chi connectivity index (χ1) is 16.5. The van der Waals surface area contributed by atoms with Crippen LogP contribution >= 0.6 is 22.7 Å². The highest BCUT2D eigenvalue weighted by Gasteiger charge is 2.35. The number of anilines is 3. The second-order valence-electron chi connectivity index (χ2n) is 8.10. The Morgan fingerprint density at radius 1 is 0.882 bits per heavy atom. The molecule has 2 bridgehead atoms. The van der Waals surface area contributed by atoms with Crippen molar-refractivity contribution in [2.45, 2.75) is 18.9 Å². The lowest BCUT2D eigenvalue weighted by Crippen LogP contribution is -2.52. The number of benzene rings is 1. The molecule has 0 amide bonds. The van der Waals surface area contributed by atoms with E-state index in [1.165, 1.54) is 43.0 Å². The van der Waals surface area contributed by atoms with E-state index >= 15 is 0 Å². The second kappa shape index (κ2) is 11.3. The molecule has 0 saturated carbocycles. The van der Waals surface area contributed by atoms with Gasteiger partial charge in [0.25, 0.3) is 0 Å². The van der Waals surface area contributed by atoms with E-state index < -0.39 is 11.9 Å². The summed E-state index contributed by atoms with van der Waals surface area (Å²) < 4.78 is 6.35. The lowest BCUT2D eigenvalue weighted by molar-refractivity contribution is -0.134. The molecule has 5 heterocycles. The maximum atomic E-state index is 9.55. The minimum atomic E-state index is -1.26. The minimum Gasteiger partial charge on any atom is -0.489 e. The Bertz CT molecular complexity index is 1040. The van der Waals surface area contributed by atoms with Gasteiger partial charge in [-0.15, -0.1) is 0 Å². The van der Waals surface area contributed by atoms with Gasteiger partial charge in [0.05, 0.1) is 11.4 Å². The number of carboxylic acids is 2. The standard InChI is InChI=1S/C21H22N2OS2.C4H4O4/c1-3-20(24-21-13-22-9-5-16(21)6-10-22)4-2-17(1)23(18-7-11-25-14-18)19-8-12-26-15-19;5-3(6)1-2-4(7)8/h1-4,7-8,11-12,14-16,21H,5-6,9-10,13H2;1-2H,(H,5,6)(H,7,8). The fraction of sp³-hybridized carbons (Fsp3) is 0.280. The number of carboxylic acid groups (broad SMARTS) is 2. The SMILES string of the molecule is O=C(O)C=CC(=O)O.c1cc(N(c2ccc(OC3CN4CCC3CC4)cc2)c2ccsc2)cs1. The van der Waals surface area contributed by atoms with Crippen LogP contribution in [0.3, 0.4) is 0 Å². The van der Waals surface area contributed by atoms with Crippen LogP contribution in [-0.4, -0.2) is 52.8 Å². The van der Waals surface area contributed by atoms with Crippen molar-refractivity contribution in [2.24, 2.45) is 5.92 Å². The van der Waals surface area contributed by atoms with Crippen molar-refractivity contribution in [2.75, 3.05) is 24.5 Å². The molecule has 6 rings (SSSR count). The van der Waals surface area contributed by atoms with Crippen molar-refractivity contribution in [3.63, 3.8) is 0 Å². The van der Waals surface area contributed by atoms with Crippen LogP contribution in [0, 0.1) is 5.92 Å². The quantitative estimate of drug-likeness (QED) is 0.418. The van der Waals surface area contributed by atoms with Crippen LogP contribution in [0.2, 0.25) is 0 Å². The normalized spacial score (nSPS) is 21.0. The van der Waals surface area contributed by atoms with Crippen LogP contribution in [0.5, 0.6) is 5.75 Å². The molecule has 2 N–H and O–H groups in total. The highest BCUT2D eigenvalue weighted by molar-refractivity contribution is 7.08. The van der Waals surface area contributed by atoms with E-state index in [9.17, 15) is 9.59 Å². The summed E-state index contributed by atoms with van der Waals surface area (Å²) in [7, 11) is 0. The molecule has 3 aliphatic rings. The van der Waals surface area contributed by atoms with Gasteiger partial charge in [-0.3, -0.25) is 4.90 Å². The molecule has 7 nitrogen and oxygen atoms in total. The third kappa shape index (κ3) is 6.25. The third-order valence-corrected chi connectivity index (χ3v) is 7.22. The Hall–Kier alpha value is -3.14. The van der Waals surface area contributed by atoms with Crippen LogP contribution in [0.4, 0.5) is 17.1 Å². The van der Waals surface area contributed by atoms with Gasteiger partial charge < -0.3 is 19.8 Å². The molecular weight excluding hydrogens is 472 g/mol. The zero-order chi connectivity index (χ0) is 23.9. The highest BCUT2D eigenvalue weighted by atomic mass is 32.1. The molecule has 0 aliphatic carbocycles. The number of hydrogen-bond donors (Lipinski definition) is 2. The molecule has 1 unspecified atom stereocenters. The molecule has 34 heavy (non-hydrogen) atoms. The number of aliphatic carboxylic acids is 2. The average molecular weight is 499 g/mol. The van der Waals surface area contributed by atoms with Crippen molar-refractivity contribution in [3.8, 4) is 5.75 Å². The fourth-order valence-electron chi connectivity index (χ4n) is 4.25. The summed E-state index contributed by atoms with van der Waals surface area (Å²) in [6.45, 7) is 3.59. The van der Waals surface area contributed by atoms with E-state index in [2.05, 4.69) is 67.7 Å². The monoisotopic (exact) mass is 498 g/mol. The number of piperidine rings is 3. The summed E-state index contributed by atoms with van der Waals surface area (Å²) in [6, 6.07) is 12.9. The number of ether oxygens (including phenoxy) is 1. The lowest BCUT2D eigenvalue weighted by Gasteiger charge is -2.44. The topological polar surface area (TPSA) is 90.3 Å². The Balaban J connectivity index is 0.000000297. The first-order valence-electron chi connectivity index (χ1n) is 11.0. The van der Waals surface area contributed by atoms with Crippen LogP contribution in [0.15, 0.2) is 70.1 Å². The number of thiophene rings is 2. The predicted molar refractivity (Wildman–Crippen MR) is 135 cm³/mol. The van der Waals surface area contributed by atoms with Crippen LogP contribution in [-0.2, 0) is 9.59 Å². The van der Waals surface area contributed by atoms with Gasteiger partial charge in [0.15, 0.2) is 0 Å². The van der Waals surface area contributed by atoms with Gasteiger partial charge in [0.2, 0.25) is 0 Å². The molecule has 0 spiro atoms. The van der Waals surface area contributed by atoms with Gasteiger partial charge in [0.1, 0.15) is 11.9 Å². The van der Waals surface area contributed by atoms with Crippen molar-refractivity contribution >= 4 is 51.7 Å². The molecule has 1 aromatic carbocycles. The third-order valence-electron chi connectivity index (χ3n) is 5.88. The van der Waals surface area contributed by atoms with Gasteiger partial charge in [-0.2, -0.15) is 22.7 Å². The molecule has 9 heteroatoms. The fourth-order valence-corrected chi connectivity index (χ4v) is 5.49. The molecule has 2 aromatic heterocycles. The maximum absolute atomic E-state index is 9.55. The first kappa shape index (κ1) is 24.0. The van der Waals surface area contributed by atoms with E-state index in [4.69, 9.17) is 14.9 Å². The molecule has 178 valence electrons. The highest BCUT2D eigenvalue weighted by Crippen LogP contribution is 2.38. The van der Waals surface area contributed by atoms with Crippen molar-refractivity contribution < 1.29 is 24.5 Å². The number of hydrogen-bond acceptors (Lipinski definition) is 7. The van der Waals surface area contributed by atoms with Crippen LogP contribution < -0.4 is 9.64 Å². The molecule has 3 aromatic rings. The van der Waals surface area contributed by atoms with Gasteiger partial charge >= 0.3 is 11.9 Å². The Morgan fingerprint density at radius 3 is 1.85 bits per heavy atom. The Kier molecular flexibility index (Phi) is 7.99. The first-order valence-corrected chi connectivity index (χ1v) is 12.9. The zero-order valence-corrected chi connectivity index (χ0v) is 20.1. The molecule has 3 fully saturated rings. The van der Waals surface area contributed by atoms with Crippen molar-refractivity contribution in [1.82, 2.24) is 4.90 Å². The molecular formula is C25H26N2O5S2. The molecule has 0 radical (unpaired) electrons. The second-order valence-corrected chi connectivity index (χ2v) is 9.66. The average Bonchev–Trinajstić information content (AvgIpc) is 3.56. The van der Waals surface area contributed by atoms with Crippen molar-refractivity contribution in [3.05, 3.63) is 70.1 Å². The predicted octanol–water partition coefficient (Wildman–Crippen LogP) is 5.46. The summed E-state index contributed by atoms with van der Waals surface area (Å²) in [6.07, 6.45) is 4.04. The van der Waals surface area contributed by atoms with Crippen LogP contribution in [0.1, 0.15) is 12.8 Å². The summed E-state index contributed by atoms with van der Waals surface area (Å²) >= 11 is 3.45. The van der Waals surface area contributed by atoms with Gasteiger partial charge in [-0.1, -0.05) is 0 Å². The van der Waals surface area contributed by atoms with E-state index in [-0.39, 0.29) is 0 Å². The number of rotatable bonds is 7. The minimum absolute atomic E-state index is 0.355. The van der Waals surface area contributed by atoms with Crippen LogP contribution in [0.25, 0.3) is 0 Å². The largest absolute Gasteiger partial charge is 0.489 e. The number of fused-ring (bicyclic) bond motifs is 3.